The minimum Gasteiger partial charge on any atom is -0.351 e. The first kappa shape index (κ1) is 10.8. The van der Waals surface area contributed by atoms with Gasteiger partial charge in [-0.1, -0.05) is 0 Å². The summed E-state index contributed by atoms with van der Waals surface area (Å²) in [6.07, 6.45) is 1.31. The molecule has 76 valence electrons. The number of nitrogens with one attached hydrogen (secondary N) is 1. The van der Waals surface area contributed by atoms with Crippen molar-refractivity contribution in [2.45, 2.75) is 18.4 Å². The van der Waals surface area contributed by atoms with E-state index in [1.807, 2.05) is 0 Å². The van der Waals surface area contributed by atoms with E-state index in [1.165, 1.54) is 19.2 Å². The predicted octanol–water partition coefficient (Wildman–Crippen LogP) is 0.298. The summed E-state index contributed by atoms with van der Waals surface area (Å²) in [4.78, 5) is 14.7. The Labute approximate surface area is 83.8 Å². The molecule has 1 heterocycles. The predicted molar refractivity (Wildman–Crippen MR) is 50.8 cm³/mol. The summed E-state index contributed by atoms with van der Waals surface area (Å²) >= 11 is -2.00. The molecule has 1 atom stereocenters. The first-order valence-electron chi connectivity index (χ1n) is 3.90. The van der Waals surface area contributed by atoms with Crippen molar-refractivity contribution in [1.82, 2.24) is 10.3 Å². The molecule has 0 aliphatic carbocycles. The van der Waals surface area contributed by atoms with Crippen LogP contribution in [-0.2, 0) is 22.4 Å². The minimum atomic E-state index is -2.00. The van der Waals surface area contributed by atoms with E-state index >= 15 is 0 Å². The van der Waals surface area contributed by atoms with Crippen LogP contribution in [0.3, 0.4) is 0 Å². The number of amides is 1. The highest BCUT2D eigenvalue weighted by molar-refractivity contribution is 7.79. The van der Waals surface area contributed by atoms with E-state index in [-0.39, 0.29) is 10.8 Å². The van der Waals surface area contributed by atoms with Gasteiger partial charge in [-0.05, 0) is 12.1 Å². The quantitative estimate of drug-likeness (QED) is 0.709. The third-order valence-electron chi connectivity index (χ3n) is 1.52. The lowest BCUT2D eigenvalue weighted by Crippen LogP contribution is -2.19. The average molecular weight is 214 g/mol. The monoisotopic (exact) mass is 214 g/mol. The van der Waals surface area contributed by atoms with Gasteiger partial charge in [-0.3, -0.25) is 9.78 Å². The van der Waals surface area contributed by atoms with Gasteiger partial charge >= 0.3 is 0 Å². The van der Waals surface area contributed by atoms with Gasteiger partial charge in [0, 0.05) is 13.1 Å². The molecule has 2 N–H and O–H groups in total. The van der Waals surface area contributed by atoms with Crippen LogP contribution < -0.4 is 5.32 Å². The number of nitrogens with zero attached hydrogens (tertiary/aromatic N) is 1. The fourth-order valence-corrected chi connectivity index (χ4v) is 1.16. The third-order valence-corrected chi connectivity index (χ3v) is 2.16. The van der Waals surface area contributed by atoms with Crippen molar-refractivity contribution in [1.29, 1.82) is 0 Å². The highest BCUT2D eigenvalue weighted by Crippen LogP contribution is 2.03. The molecular weight excluding hydrogens is 204 g/mol. The Morgan fingerprint density at radius 1 is 1.64 bits per heavy atom. The van der Waals surface area contributed by atoms with Gasteiger partial charge in [0.1, 0.15) is 0 Å². The van der Waals surface area contributed by atoms with E-state index in [0.717, 1.165) is 0 Å². The number of hydrogen-bond donors (Lipinski definition) is 2. The lowest BCUT2D eigenvalue weighted by molar-refractivity contribution is -0.119. The Balaban J connectivity index is 2.64. The number of carbonyl (C=O) groups is 1. The van der Waals surface area contributed by atoms with Crippen LogP contribution in [-0.4, -0.2) is 19.7 Å². The summed E-state index contributed by atoms with van der Waals surface area (Å²) in [6.45, 7) is 1.74. The molecule has 0 aliphatic heterocycles. The van der Waals surface area contributed by atoms with E-state index in [4.69, 9.17) is 4.55 Å². The van der Waals surface area contributed by atoms with Crippen LogP contribution in [0.25, 0.3) is 0 Å². The van der Waals surface area contributed by atoms with Crippen molar-refractivity contribution in [3.63, 3.8) is 0 Å². The Kier molecular flexibility index (Phi) is 3.73. The maximum atomic E-state index is 10.6. The lowest BCUT2D eigenvalue weighted by Gasteiger charge is -2.01. The van der Waals surface area contributed by atoms with E-state index in [9.17, 15) is 9.00 Å². The first-order chi connectivity index (χ1) is 6.59. The molecule has 5 nitrogen and oxygen atoms in total. The summed E-state index contributed by atoms with van der Waals surface area (Å²) in [5.41, 5.74) is 0.648. The molecule has 0 spiro atoms. The van der Waals surface area contributed by atoms with E-state index in [1.54, 1.807) is 6.07 Å². The van der Waals surface area contributed by atoms with Crippen LogP contribution in [0.15, 0.2) is 23.2 Å². The fourth-order valence-electron chi connectivity index (χ4n) is 0.834. The van der Waals surface area contributed by atoms with Crippen molar-refractivity contribution in [3.8, 4) is 0 Å². The first-order valence-corrected chi connectivity index (χ1v) is 5.00. The molecule has 0 bridgehead atoms. The van der Waals surface area contributed by atoms with Gasteiger partial charge in [-0.2, -0.15) is 0 Å². The van der Waals surface area contributed by atoms with Gasteiger partial charge in [-0.15, -0.1) is 0 Å². The van der Waals surface area contributed by atoms with Crippen molar-refractivity contribution in [2.24, 2.45) is 0 Å². The van der Waals surface area contributed by atoms with Crippen LogP contribution in [0.5, 0.6) is 0 Å². The summed E-state index contributed by atoms with van der Waals surface area (Å²) in [5.74, 6) is -0.137. The Morgan fingerprint density at radius 3 is 2.79 bits per heavy atom. The van der Waals surface area contributed by atoms with Gasteiger partial charge in [0.25, 0.3) is 0 Å². The molecule has 0 saturated heterocycles. The zero-order valence-corrected chi connectivity index (χ0v) is 8.37. The number of pyridine rings is 1. The highest BCUT2D eigenvalue weighted by atomic mass is 32.2. The van der Waals surface area contributed by atoms with Gasteiger partial charge in [0.05, 0.1) is 17.1 Å². The Hall–Kier alpha value is -1.27. The summed E-state index contributed by atoms with van der Waals surface area (Å²) in [7, 11) is 0. The van der Waals surface area contributed by atoms with Gasteiger partial charge < -0.3 is 9.87 Å². The van der Waals surface area contributed by atoms with Gasteiger partial charge in [-0.25, -0.2) is 4.21 Å². The van der Waals surface area contributed by atoms with E-state index < -0.39 is 11.1 Å². The SMILES string of the molecule is CC(=O)NCc1ccc(S(=O)O)cn1. The van der Waals surface area contributed by atoms with Crippen LogP contribution in [0.2, 0.25) is 0 Å². The van der Waals surface area contributed by atoms with Crippen LogP contribution in [0.1, 0.15) is 12.6 Å². The lowest BCUT2D eigenvalue weighted by atomic mass is 10.3. The van der Waals surface area contributed by atoms with Crippen molar-refractivity contribution in [3.05, 3.63) is 24.0 Å². The number of carbonyl (C=O) groups excluding carboxylic acids is 1. The Bertz CT molecular complexity index is 350. The molecule has 0 aromatic carbocycles. The average Bonchev–Trinajstić information content (AvgIpc) is 2.15. The van der Waals surface area contributed by atoms with Gasteiger partial charge in [0.2, 0.25) is 5.91 Å². The van der Waals surface area contributed by atoms with Crippen LogP contribution in [0, 0.1) is 0 Å². The molecule has 1 aromatic rings. The molecule has 0 radical (unpaired) electrons. The smallest absolute Gasteiger partial charge is 0.217 e. The van der Waals surface area contributed by atoms with Crippen molar-refractivity contribution < 1.29 is 13.6 Å². The normalized spacial score (nSPS) is 12.1. The fraction of sp³-hybridized carbons (Fsp3) is 0.250. The van der Waals surface area contributed by atoms with Crippen LogP contribution in [0.4, 0.5) is 0 Å². The largest absolute Gasteiger partial charge is 0.351 e. The molecule has 0 saturated carbocycles. The molecule has 1 amide bonds. The Morgan fingerprint density at radius 2 is 2.36 bits per heavy atom. The molecule has 0 aliphatic rings. The molecule has 1 rings (SSSR count). The van der Waals surface area contributed by atoms with Crippen LogP contribution >= 0.6 is 0 Å². The zero-order chi connectivity index (χ0) is 10.6. The van der Waals surface area contributed by atoms with Crippen molar-refractivity contribution >= 4 is 17.0 Å². The molecule has 1 unspecified atom stereocenters. The van der Waals surface area contributed by atoms with E-state index in [2.05, 4.69) is 10.3 Å². The molecule has 6 heteroatoms. The summed E-state index contributed by atoms with van der Waals surface area (Å²) in [6, 6.07) is 3.10. The molecule has 14 heavy (non-hydrogen) atoms. The van der Waals surface area contributed by atoms with Crippen molar-refractivity contribution in [2.75, 3.05) is 0 Å². The van der Waals surface area contributed by atoms with E-state index in [0.29, 0.717) is 12.2 Å². The molecule has 0 fully saturated rings. The maximum Gasteiger partial charge on any atom is 0.217 e. The molecular formula is C8H10N2O3S. The minimum absolute atomic E-state index is 0.137. The second-order valence-corrected chi connectivity index (χ2v) is 3.61. The highest BCUT2D eigenvalue weighted by Gasteiger charge is 2.00. The molecule has 1 aromatic heterocycles. The second-order valence-electron chi connectivity index (χ2n) is 2.64. The maximum absolute atomic E-state index is 10.6. The zero-order valence-electron chi connectivity index (χ0n) is 7.56. The summed E-state index contributed by atoms with van der Waals surface area (Å²) in [5, 5.41) is 2.57. The number of hydrogen-bond acceptors (Lipinski definition) is 3. The second kappa shape index (κ2) is 4.83. The number of rotatable bonds is 3. The topological polar surface area (TPSA) is 79.3 Å². The van der Waals surface area contributed by atoms with Gasteiger partial charge in [0.15, 0.2) is 11.1 Å². The third kappa shape index (κ3) is 3.23. The number of aromatic nitrogens is 1. The summed E-state index contributed by atoms with van der Waals surface area (Å²) < 4.78 is 19.3. The standard InChI is InChI=1S/C8H10N2O3S/c1-6(11)9-4-7-2-3-8(5-10-7)14(12)13/h2-3,5H,4H2,1H3,(H,9,11)(H,12,13).